The molecule has 1 heterocycles. The Morgan fingerprint density at radius 1 is 1.40 bits per heavy atom. The van der Waals surface area contributed by atoms with Crippen LogP contribution in [-0.4, -0.2) is 18.6 Å². The predicted molar refractivity (Wildman–Crippen MR) is 61.8 cm³/mol. The molecule has 0 saturated carbocycles. The Kier molecular flexibility index (Phi) is 3.28. The molecular weight excluding hydrogens is 186 g/mol. The van der Waals surface area contributed by atoms with E-state index >= 15 is 0 Å². The van der Waals surface area contributed by atoms with Gasteiger partial charge in [-0.3, -0.25) is 0 Å². The fraction of sp³-hybridized carbons (Fsp3) is 0.385. The number of ether oxygens (including phenoxy) is 1. The van der Waals surface area contributed by atoms with Crippen LogP contribution in [0.4, 0.5) is 0 Å². The van der Waals surface area contributed by atoms with E-state index in [-0.39, 0.29) is 0 Å². The number of benzene rings is 1. The summed E-state index contributed by atoms with van der Waals surface area (Å²) in [5.41, 5.74) is 1.31. The molecule has 0 aliphatic carbocycles. The molecular formula is C13H17NO. The Balaban J connectivity index is 2.03. The first-order valence-electron chi connectivity index (χ1n) is 5.42. The van der Waals surface area contributed by atoms with Gasteiger partial charge in [-0.2, -0.15) is 0 Å². The summed E-state index contributed by atoms with van der Waals surface area (Å²) in [5, 5.41) is 0. The van der Waals surface area contributed by atoms with E-state index in [1.165, 1.54) is 18.4 Å². The topological polar surface area (TPSA) is 12.5 Å². The second-order valence-corrected chi connectivity index (χ2v) is 3.85. The van der Waals surface area contributed by atoms with Gasteiger partial charge in [0, 0.05) is 13.1 Å². The lowest BCUT2D eigenvalue weighted by Crippen LogP contribution is -2.20. The van der Waals surface area contributed by atoms with Gasteiger partial charge in [-0.1, -0.05) is 18.2 Å². The minimum Gasteiger partial charge on any atom is -0.497 e. The minimum atomic E-state index is 0.938. The van der Waals surface area contributed by atoms with E-state index in [1.54, 1.807) is 7.11 Å². The third-order valence-corrected chi connectivity index (χ3v) is 2.65. The third kappa shape index (κ3) is 2.75. The summed E-state index contributed by atoms with van der Waals surface area (Å²) in [4.78, 5) is 2.35. The van der Waals surface area contributed by atoms with Crippen LogP contribution in [0.3, 0.4) is 0 Å². The van der Waals surface area contributed by atoms with Crippen molar-refractivity contribution in [1.82, 2.24) is 4.90 Å². The normalized spacial score (nSPS) is 15.4. The van der Waals surface area contributed by atoms with Gasteiger partial charge in [-0.25, -0.2) is 0 Å². The van der Waals surface area contributed by atoms with Gasteiger partial charge < -0.3 is 9.64 Å². The van der Waals surface area contributed by atoms with Crippen LogP contribution >= 0.6 is 0 Å². The maximum Gasteiger partial charge on any atom is 0.119 e. The van der Waals surface area contributed by atoms with E-state index in [0.29, 0.717) is 0 Å². The van der Waals surface area contributed by atoms with Crippen LogP contribution < -0.4 is 4.74 Å². The Morgan fingerprint density at radius 2 is 2.33 bits per heavy atom. The average molecular weight is 203 g/mol. The van der Waals surface area contributed by atoms with E-state index in [1.807, 2.05) is 12.1 Å². The van der Waals surface area contributed by atoms with Crippen molar-refractivity contribution >= 4 is 0 Å². The molecule has 0 spiro atoms. The first kappa shape index (κ1) is 10.1. The smallest absolute Gasteiger partial charge is 0.119 e. The largest absolute Gasteiger partial charge is 0.497 e. The van der Waals surface area contributed by atoms with E-state index < -0.39 is 0 Å². The second kappa shape index (κ2) is 4.87. The van der Waals surface area contributed by atoms with Crippen molar-refractivity contribution in [2.45, 2.75) is 19.4 Å². The number of methoxy groups -OCH3 is 1. The fourth-order valence-corrected chi connectivity index (χ4v) is 1.85. The van der Waals surface area contributed by atoms with E-state index in [0.717, 1.165) is 18.8 Å². The van der Waals surface area contributed by atoms with Crippen molar-refractivity contribution in [3.05, 3.63) is 42.1 Å². The molecule has 0 fully saturated rings. The summed E-state index contributed by atoms with van der Waals surface area (Å²) >= 11 is 0. The van der Waals surface area contributed by atoms with E-state index in [4.69, 9.17) is 4.74 Å². The number of rotatable bonds is 3. The minimum absolute atomic E-state index is 0.938. The van der Waals surface area contributed by atoms with Crippen molar-refractivity contribution in [3.63, 3.8) is 0 Å². The zero-order valence-corrected chi connectivity index (χ0v) is 9.15. The summed E-state index contributed by atoms with van der Waals surface area (Å²) in [5.74, 6) is 0.938. The second-order valence-electron chi connectivity index (χ2n) is 3.85. The van der Waals surface area contributed by atoms with Gasteiger partial charge in [0.1, 0.15) is 5.75 Å². The van der Waals surface area contributed by atoms with Gasteiger partial charge in [-0.15, -0.1) is 0 Å². The molecule has 80 valence electrons. The molecule has 1 aliphatic rings. The van der Waals surface area contributed by atoms with Crippen molar-refractivity contribution in [2.24, 2.45) is 0 Å². The molecule has 2 rings (SSSR count). The SMILES string of the molecule is COc1cccc(CN2C=CCCC2)c1. The first-order chi connectivity index (χ1) is 7.38. The third-order valence-electron chi connectivity index (χ3n) is 2.65. The lowest BCUT2D eigenvalue weighted by atomic mass is 10.1. The Bertz CT molecular complexity index is 346. The summed E-state index contributed by atoms with van der Waals surface area (Å²) in [7, 11) is 1.71. The van der Waals surface area contributed by atoms with Crippen LogP contribution in [0.1, 0.15) is 18.4 Å². The molecule has 0 aromatic heterocycles. The molecule has 0 saturated heterocycles. The quantitative estimate of drug-likeness (QED) is 0.749. The highest BCUT2D eigenvalue weighted by Gasteiger charge is 2.04. The van der Waals surface area contributed by atoms with Gasteiger partial charge in [0.25, 0.3) is 0 Å². The lowest BCUT2D eigenvalue weighted by Gasteiger charge is -2.23. The van der Waals surface area contributed by atoms with Crippen molar-refractivity contribution in [3.8, 4) is 5.75 Å². The highest BCUT2D eigenvalue weighted by Crippen LogP contribution is 2.16. The predicted octanol–water partition coefficient (Wildman–Crippen LogP) is 2.80. The first-order valence-corrected chi connectivity index (χ1v) is 5.42. The van der Waals surface area contributed by atoms with Crippen molar-refractivity contribution < 1.29 is 4.74 Å². The molecule has 1 aromatic rings. The van der Waals surface area contributed by atoms with Crippen LogP contribution in [-0.2, 0) is 6.54 Å². The van der Waals surface area contributed by atoms with Crippen LogP contribution in [0.15, 0.2) is 36.5 Å². The zero-order chi connectivity index (χ0) is 10.5. The van der Waals surface area contributed by atoms with Crippen LogP contribution in [0.25, 0.3) is 0 Å². The monoisotopic (exact) mass is 203 g/mol. The maximum absolute atomic E-state index is 5.21. The summed E-state index contributed by atoms with van der Waals surface area (Å²) in [6, 6.07) is 8.27. The van der Waals surface area contributed by atoms with Gasteiger partial charge >= 0.3 is 0 Å². The zero-order valence-electron chi connectivity index (χ0n) is 9.15. The number of nitrogens with zero attached hydrogens (tertiary/aromatic N) is 1. The van der Waals surface area contributed by atoms with E-state index in [9.17, 15) is 0 Å². The van der Waals surface area contributed by atoms with E-state index in [2.05, 4.69) is 29.3 Å². The molecule has 2 nitrogen and oxygen atoms in total. The average Bonchev–Trinajstić information content (AvgIpc) is 2.31. The molecule has 0 radical (unpaired) electrons. The molecule has 0 bridgehead atoms. The fourth-order valence-electron chi connectivity index (χ4n) is 1.85. The molecule has 0 atom stereocenters. The molecule has 1 aromatic carbocycles. The summed E-state index contributed by atoms with van der Waals surface area (Å²) < 4.78 is 5.21. The van der Waals surface area contributed by atoms with Gasteiger partial charge in [0.15, 0.2) is 0 Å². The Labute approximate surface area is 91.2 Å². The van der Waals surface area contributed by atoms with Crippen molar-refractivity contribution in [1.29, 1.82) is 0 Å². The molecule has 15 heavy (non-hydrogen) atoms. The highest BCUT2D eigenvalue weighted by atomic mass is 16.5. The maximum atomic E-state index is 5.21. The highest BCUT2D eigenvalue weighted by molar-refractivity contribution is 5.28. The Hall–Kier alpha value is -1.44. The van der Waals surface area contributed by atoms with Crippen LogP contribution in [0, 0.1) is 0 Å². The van der Waals surface area contributed by atoms with Gasteiger partial charge in [0.2, 0.25) is 0 Å². The molecule has 2 heteroatoms. The lowest BCUT2D eigenvalue weighted by molar-refractivity contribution is 0.347. The Morgan fingerprint density at radius 3 is 3.07 bits per heavy atom. The van der Waals surface area contributed by atoms with Gasteiger partial charge in [0.05, 0.1) is 7.11 Å². The number of allylic oxidation sites excluding steroid dienone is 1. The van der Waals surface area contributed by atoms with Crippen LogP contribution in [0.5, 0.6) is 5.75 Å². The molecule has 0 unspecified atom stereocenters. The van der Waals surface area contributed by atoms with Crippen LogP contribution in [0.2, 0.25) is 0 Å². The standard InChI is InChI=1S/C13H17NO/c1-15-13-7-5-6-12(10-13)11-14-8-3-2-4-9-14/h3,5-8,10H,2,4,9,11H2,1H3. The molecule has 1 aliphatic heterocycles. The number of hydrogen-bond acceptors (Lipinski definition) is 2. The number of hydrogen-bond donors (Lipinski definition) is 0. The summed E-state index contributed by atoms with van der Waals surface area (Å²) in [6.07, 6.45) is 6.92. The molecule has 0 N–H and O–H groups in total. The van der Waals surface area contributed by atoms with Gasteiger partial charge in [-0.05, 0) is 36.7 Å². The van der Waals surface area contributed by atoms with Crippen molar-refractivity contribution in [2.75, 3.05) is 13.7 Å². The molecule has 0 amide bonds. The summed E-state index contributed by atoms with van der Waals surface area (Å²) in [6.45, 7) is 2.14.